The summed E-state index contributed by atoms with van der Waals surface area (Å²) < 4.78 is 0. The van der Waals surface area contributed by atoms with Gasteiger partial charge in [0, 0.05) is 49.7 Å². The first-order valence-electron chi connectivity index (χ1n) is 6.53. The molecule has 1 aromatic rings. The Morgan fingerprint density at radius 1 is 1.56 bits per heavy atom. The van der Waals surface area contributed by atoms with Crippen molar-refractivity contribution in [1.29, 1.82) is 0 Å². The molecule has 0 aromatic carbocycles. The Balaban J connectivity index is 0.00000162. The van der Waals surface area contributed by atoms with E-state index >= 15 is 0 Å². The Morgan fingerprint density at radius 2 is 2.33 bits per heavy atom. The van der Waals surface area contributed by atoms with Crippen LogP contribution in [0, 0.1) is 5.92 Å². The van der Waals surface area contributed by atoms with Gasteiger partial charge in [0.25, 0.3) is 0 Å². The fourth-order valence-electron chi connectivity index (χ4n) is 2.24. The number of nitrogens with one attached hydrogen (secondary N) is 1. The first-order chi connectivity index (χ1) is 8.13. The summed E-state index contributed by atoms with van der Waals surface area (Å²) >= 11 is 1.88. The van der Waals surface area contributed by atoms with Crippen LogP contribution in [-0.4, -0.2) is 35.6 Å². The van der Waals surface area contributed by atoms with Gasteiger partial charge in [-0.3, -0.25) is 4.90 Å². The quantitative estimate of drug-likeness (QED) is 0.923. The largest absolute Gasteiger partial charge is 0.312 e. The Kier molecular flexibility index (Phi) is 6.57. The number of hydrogen-bond acceptors (Lipinski definition) is 4. The van der Waals surface area contributed by atoms with Gasteiger partial charge in [-0.2, -0.15) is 0 Å². The summed E-state index contributed by atoms with van der Waals surface area (Å²) in [7, 11) is 0. The van der Waals surface area contributed by atoms with Crippen molar-refractivity contribution in [3.05, 3.63) is 16.1 Å². The van der Waals surface area contributed by atoms with Crippen LogP contribution in [0.4, 0.5) is 0 Å². The van der Waals surface area contributed by atoms with Crippen molar-refractivity contribution in [2.24, 2.45) is 5.92 Å². The van der Waals surface area contributed by atoms with Gasteiger partial charge < -0.3 is 5.32 Å². The van der Waals surface area contributed by atoms with E-state index in [9.17, 15) is 0 Å². The topological polar surface area (TPSA) is 28.2 Å². The first-order valence-corrected chi connectivity index (χ1v) is 7.34. The number of halogens is 1. The molecule has 1 saturated heterocycles. The van der Waals surface area contributed by atoms with Crippen LogP contribution in [0.2, 0.25) is 0 Å². The highest BCUT2D eigenvalue weighted by Crippen LogP contribution is 2.18. The Morgan fingerprint density at radius 3 is 3.00 bits per heavy atom. The van der Waals surface area contributed by atoms with E-state index in [1.165, 1.54) is 9.88 Å². The highest BCUT2D eigenvalue weighted by atomic mass is 35.5. The van der Waals surface area contributed by atoms with Gasteiger partial charge in [-0.15, -0.1) is 23.7 Å². The summed E-state index contributed by atoms with van der Waals surface area (Å²) in [5.74, 6) is 0.702. The van der Waals surface area contributed by atoms with Crippen LogP contribution in [0.3, 0.4) is 0 Å². The van der Waals surface area contributed by atoms with E-state index in [2.05, 4.69) is 42.2 Å². The average molecular weight is 290 g/mol. The van der Waals surface area contributed by atoms with Gasteiger partial charge in [0.1, 0.15) is 0 Å². The van der Waals surface area contributed by atoms with E-state index in [0.29, 0.717) is 12.0 Å². The Labute approximate surface area is 120 Å². The van der Waals surface area contributed by atoms with Crippen molar-refractivity contribution < 1.29 is 0 Å². The SMILES string of the molecule is CC(C)Cc1ncc(CN2CCN[C@@H](C)C2)s1.Cl. The van der Waals surface area contributed by atoms with E-state index < -0.39 is 0 Å². The fraction of sp³-hybridized carbons (Fsp3) is 0.769. The minimum Gasteiger partial charge on any atom is -0.312 e. The van der Waals surface area contributed by atoms with Crippen molar-refractivity contribution in [2.75, 3.05) is 19.6 Å². The molecule has 1 atom stereocenters. The molecule has 18 heavy (non-hydrogen) atoms. The third-order valence-corrected chi connectivity index (χ3v) is 4.02. The Hall–Kier alpha value is -0.160. The number of piperazine rings is 1. The molecule has 0 bridgehead atoms. The highest BCUT2D eigenvalue weighted by molar-refractivity contribution is 7.11. The zero-order valence-corrected chi connectivity index (χ0v) is 13.1. The molecule has 0 aliphatic carbocycles. The van der Waals surface area contributed by atoms with E-state index in [-0.39, 0.29) is 12.4 Å². The molecule has 0 unspecified atom stereocenters. The summed E-state index contributed by atoms with van der Waals surface area (Å²) in [6, 6.07) is 0.617. The maximum atomic E-state index is 4.52. The molecule has 1 aliphatic heterocycles. The Bertz CT molecular complexity index is 354. The maximum absolute atomic E-state index is 4.52. The molecule has 2 heterocycles. The van der Waals surface area contributed by atoms with Crippen molar-refractivity contribution in [3.63, 3.8) is 0 Å². The molecule has 1 N–H and O–H groups in total. The molecule has 2 rings (SSSR count). The third kappa shape index (κ3) is 4.84. The summed E-state index contributed by atoms with van der Waals surface area (Å²) in [5.41, 5.74) is 0. The summed E-state index contributed by atoms with van der Waals surface area (Å²) in [4.78, 5) is 8.45. The molecule has 1 aromatic heterocycles. The zero-order chi connectivity index (χ0) is 12.3. The second-order valence-electron chi connectivity index (χ2n) is 5.41. The zero-order valence-electron chi connectivity index (χ0n) is 11.5. The molecule has 3 nitrogen and oxygen atoms in total. The second-order valence-corrected chi connectivity index (χ2v) is 6.61. The molecular formula is C13H24ClN3S. The van der Waals surface area contributed by atoms with Crippen LogP contribution in [0.25, 0.3) is 0 Å². The molecule has 0 spiro atoms. The van der Waals surface area contributed by atoms with Gasteiger partial charge >= 0.3 is 0 Å². The number of nitrogens with zero attached hydrogens (tertiary/aromatic N) is 2. The lowest BCUT2D eigenvalue weighted by Gasteiger charge is -2.31. The monoisotopic (exact) mass is 289 g/mol. The maximum Gasteiger partial charge on any atom is 0.0930 e. The van der Waals surface area contributed by atoms with Crippen molar-refractivity contribution >= 4 is 23.7 Å². The molecule has 1 fully saturated rings. The highest BCUT2D eigenvalue weighted by Gasteiger charge is 2.16. The minimum atomic E-state index is 0. The summed E-state index contributed by atoms with van der Waals surface area (Å²) in [6.07, 6.45) is 3.18. The molecule has 0 radical (unpaired) electrons. The lowest BCUT2D eigenvalue weighted by Crippen LogP contribution is -2.48. The predicted molar refractivity (Wildman–Crippen MR) is 80.6 cm³/mol. The lowest BCUT2D eigenvalue weighted by molar-refractivity contribution is 0.201. The molecule has 1 aliphatic rings. The van der Waals surface area contributed by atoms with E-state index in [0.717, 1.165) is 32.6 Å². The lowest BCUT2D eigenvalue weighted by atomic mass is 10.1. The molecular weight excluding hydrogens is 266 g/mol. The van der Waals surface area contributed by atoms with Crippen molar-refractivity contribution in [2.45, 2.75) is 39.8 Å². The molecule has 104 valence electrons. The van der Waals surface area contributed by atoms with Crippen molar-refractivity contribution in [3.8, 4) is 0 Å². The molecule has 0 saturated carbocycles. The summed E-state index contributed by atoms with van der Waals surface area (Å²) in [5, 5.41) is 4.77. The van der Waals surface area contributed by atoms with Crippen molar-refractivity contribution in [1.82, 2.24) is 15.2 Å². The first kappa shape index (κ1) is 15.9. The standard InChI is InChI=1S/C13H23N3S.ClH/c1-10(2)6-13-15-7-12(17-13)9-16-5-4-14-11(3)8-16;/h7,10-11,14H,4-6,8-9H2,1-3H3;1H/t11-;/m0./s1. The van der Waals surface area contributed by atoms with Gasteiger partial charge in [-0.05, 0) is 12.8 Å². The smallest absolute Gasteiger partial charge is 0.0930 e. The normalized spacial score (nSPS) is 21.0. The minimum absolute atomic E-state index is 0. The van der Waals surface area contributed by atoms with Crippen LogP contribution < -0.4 is 5.32 Å². The van der Waals surface area contributed by atoms with Crippen LogP contribution >= 0.6 is 23.7 Å². The van der Waals surface area contributed by atoms with Gasteiger partial charge in [0.2, 0.25) is 0 Å². The van der Waals surface area contributed by atoms with Gasteiger partial charge in [-0.1, -0.05) is 13.8 Å². The number of rotatable bonds is 4. The summed E-state index contributed by atoms with van der Waals surface area (Å²) in [6.45, 7) is 11.2. The molecule has 5 heteroatoms. The number of aromatic nitrogens is 1. The van der Waals surface area contributed by atoms with Gasteiger partial charge in [-0.25, -0.2) is 4.98 Å². The van der Waals surface area contributed by atoms with Gasteiger partial charge in [0.15, 0.2) is 0 Å². The third-order valence-electron chi connectivity index (χ3n) is 3.02. The van der Waals surface area contributed by atoms with E-state index in [1.54, 1.807) is 0 Å². The van der Waals surface area contributed by atoms with E-state index in [4.69, 9.17) is 0 Å². The molecule has 0 amide bonds. The number of hydrogen-bond donors (Lipinski definition) is 1. The fourth-order valence-corrected chi connectivity index (χ4v) is 3.42. The average Bonchev–Trinajstić information content (AvgIpc) is 2.64. The van der Waals surface area contributed by atoms with Crippen LogP contribution in [0.15, 0.2) is 6.20 Å². The predicted octanol–water partition coefficient (Wildman–Crippen LogP) is 2.56. The van der Waals surface area contributed by atoms with Crippen LogP contribution in [0.1, 0.15) is 30.7 Å². The van der Waals surface area contributed by atoms with Crippen LogP contribution in [0.5, 0.6) is 0 Å². The number of thiazole rings is 1. The second kappa shape index (κ2) is 7.43. The van der Waals surface area contributed by atoms with Gasteiger partial charge in [0.05, 0.1) is 5.01 Å². The van der Waals surface area contributed by atoms with E-state index in [1.807, 2.05) is 11.3 Å². The van der Waals surface area contributed by atoms with Crippen LogP contribution in [-0.2, 0) is 13.0 Å².